The van der Waals surface area contributed by atoms with Gasteiger partial charge in [-0.2, -0.15) is 0 Å². The Hall–Kier alpha value is -3.22. The Balaban J connectivity index is 2.22. The van der Waals surface area contributed by atoms with Gasteiger partial charge in [0.05, 0.1) is 26.0 Å². The number of aryl methyl sites for hydroxylation is 1. The number of carbonyl (C=O) groups is 2. The van der Waals surface area contributed by atoms with E-state index in [1.165, 1.54) is 6.26 Å². The lowest BCUT2D eigenvalue weighted by molar-refractivity contribution is -0.136. The number of hydrogen-bond acceptors (Lipinski definition) is 5. The van der Waals surface area contributed by atoms with Crippen molar-refractivity contribution < 1.29 is 28.6 Å². The second-order valence-corrected chi connectivity index (χ2v) is 5.95. The molecule has 0 radical (unpaired) electrons. The van der Waals surface area contributed by atoms with Crippen molar-refractivity contribution >= 4 is 11.9 Å². The molecule has 2 aromatic rings. The van der Waals surface area contributed by atoms with E-state index < -0.39 is 11.9 Å². The van der Waals surface area contributed by atoms with Gasteiger partial charge in [-0.15, -0.1) is 6.58 Å². The fraction of sp³-hybridized carbons (Fsp3) is 0.300. The van der Waals surface area contributed by atoms with Gasteiger partial charge in [0, 0.05) is 17.7 Å². The summed E-state index contributed by atoms with van der Waals surface area (Å²) in [6.07, 6.45) is 3.37. The number of methoxy groups -OCH3 is 2. The topological polar surface area (TPSA) is 98.0 Å². The SMILES string of the molecule is C=CCc1cc(CNC(=O)c2c(C)coc2CC(=O)O)cc(OC)c1OC. The lowest BCUT2D eigenvalue weighted by Gasteiger charge is -2.15. The number of carbonyl (C=O) groups excluding carboxylic acids is 1. The molecule has 1 aromatic heterocycles. The van der Waals surface area contributed by atoms with Crippen LogP contribution >= 0.6 is 0 Å². The van der Waals surface area contributed by atoms with Crippen molar-refractivity contribution in [3.8, 4) is 11.5 Å². The predicted octanol–water partition coefficient (Wildman–Crippen LogP) is 2.89. The monoisotopic (exact) mass is 373 g/mol. The van der Waals surface area contributed by atoms with Gasteiger partial charge in [0.1, 0.15) is 12.2 Å². The number of ether oxygens (including phenoxy) is 2. The molecule has 1 aromatic carbocycles. The van der Waals surface area contributed by atoms with Crippen molar-refractivity contribution in [2.45, 2.75) is 26.3 Å². The maximum absolute atomic E-state index is 12.6. The molecule has 2 rings (SSSR count). The molecule has 0 fully saturated rings. The molecule has 0 saturated heterocycles. The van der Waals surface area contributed by atoms with Gasteiger partial charge < -0.3 is 24.3 Å². The number of allylic oxidation sites excluding steroid dienone is 1. The standard InChI is InChI=1S/C20H23NO6/c1-5-6-14-7-13(8-16(25-3)19(14)26-4)10-21-20(24)18-12(2)11-27-15(18)9-17(22)23/h5,7-8,11H,1,6,9-10H2,2-4H3,(H,21,24)(H,22,23). The van der Waals surface area contributed by atoms with Gasteiger partial charge in [-0.3, -0.25) is 9.59 Å². The third-order valence-electron chi connectivity index (χ3n) is 4.02. The van der Waals surface area contributed by atoms with Gasteiger partial charge >= 0.3 is 5.97 Å². The summed E-state index contributed by atoms with van der Waals surface area (Å²) in [6, 6.07) is 3.69. The van der Waals surface area contributed by atoms with Gasteiger partial charge in [-0.25, -0.2) is 0 Å². The molecule has 1 heterocycles. The van der Waals surface area contributed by atoms with Gasteiger partial charge in [0.25, 0.3) is 5.91 Å². The first-order valence-corrected chi connectivity index (χ1v) is 8.32. The van der Waals surface area contributed by atoms with Crippen LogP contribution < -0.4 is 14.8 Å². The molecule has 0 spiro atoms. The number of aliphatic carboxylic acids is 1. The van der Waals surface area contributed by atoms with E-state index in [9.17, 15) is 9.59 Å². The summed E-state index contributed by atoms with van der Waals surface area (Å²) in [7, 11) is 3.11. The minimum atomic E-state index is -1.06. The summed E-state index contributed by atoms with van der Waals surface area (Å²) in [4.78, 5) is 23.5. The van der Waals surface area contributed by atoms with Crippen molar-refractivity contribution in [2.75, 3.05) is 14.2 Å². The zero-order valence-corrected chi connectivity index (χ0v) is 15.6. The van der Waals surface area contributed by atoms with E-state index in [4.69, 9.17) is 19.0 Å². The molecule has 0 aliphatic carbocycles. The molecule has 1 amide bonds. The highest BCUT2D eigenvalue weighted by Crippen LogP contribution is 2.33. The van der Waals surface area contributed by atoms with E-state index in [0.29, 0.717) is 23.5 Å². The van der Waals surface area contributed by atoms with Crippen LogP contribution in [0, 0.1) is 6.92 Å². The van der Waals surface area contributed by atoms with E-state index in [1.807, 2.05) is 6.07 Å². The minimum absolute atomic E-state index is 0.136. The number of nitrogens with one attached hydrogen (secondary N) is 1. The fourth-order valence-electron chi connectivity index (χ4n) is 2.86. The third-order valence-corrected chi connectivity index (χ3v) is 4.02. The highest BCUT2D eigenvalue weighted by Gasteiger charge is 2.20. The van der Waals surface area contributed by atoms with E-state index in [0.717, 1.165) is 11.1 Å². The maximum atomic E-state index is 12.6. The van der Waals surface area contributed by atoms with Crippen LogP contribution in [0.5, 0.6) is 11.5 Å². The molecule has 7 nitrogen and oxygen atoms in total. The summed E-state index contributed by atoms with van der Waals surface area (Å²) in [5.74, 6) is -0.129. The van der Waals surface area contributed by atoms with E-state index >= 15 is 0 Å². The van der Waals surface area contributed by atoms with Crippen LogP contribution in [-0.2, 0) is 24.2 Å². The zero-order chi connectivity index (χ0) is 20.0. The van der Waals surface area contributed by atoms with Crippen molar-refractivity contribution in [1.29, 1.82) is 0 Å². The van der Waals surface area contributed by atoms with Gasteiger partial charge in [-0.1, -0.05) is 6.08 Å². The third kappa shape index (κ3) is 4.69. The normalized spacial score (nSPS) is 10.3. The quantitative estimate of drug-likeness (QED) is 0.656. The summed E-state index contributed by atoms with van der Waals surface area (Å²) in [5, 5.41) is 11.8. The van der Waals surface area contributed by atoms with Crippen LogP contribution in [0.4, 0.5) is 0 Å². The Labute approximate surface area is 157 Å². The van der Waals surface area contributed by atoms with Crippen LogP contribution in [0.25, 0.3) is 0 Å². The van der Waals surface area contributed by atoms with Gasteiger partial charge in [0.15, 0.2) is 11.5 Å². The summed E-state index contributed by atoms with van der Waals surface area (Å²) in [5.41, 5.74) is 2.55. The van der Waals surface area contributed by atoms with Crippen LogP contribution in [0.2, 0.25) is 0 Å². The molecular weight excluding hydrogens is 350 g/mol. The second-order valence-electron chi connectivity index (χ2n) is 5.95. The number of hydrogen-bond donors (Lipinski definition) is 2. The number of benzene rings is 1. The second kappa shape index (κ2) is 8.93. The van der Waals surface area contributed by atoms with Crippen LogP contribution in [0.1, 0.15) is 32.8 Å². The fourth-order valence-corrected chi connectivity index (χ4v) is 2.86. The van der Waals surface area contributed by atoms with Crippen LogP contribution in [0.15, 0.2) is 35.5 Å². The van der Waals surface area contributed by atoms with Gasteiger partial charge in [-0.05, 0) is 31.0 Å². The Morgan fingerprint density at radius 1 is 1.30 bits per heavy atom. The molecule has 0 saturated carbocycles. The van der Waals surface area contributed by atoms with Crippen molar-refractivity contribution in [3.63, 3.8) is 0 Å². The average Bonchev–Trinajstić information content (AvgIpc) is 2.99. The first-order chi connectivity index (χ1) is 12.9. The molecule has 0 atom stereocenters. The smallest absolute Gasteiger partial charge is 0.311 e. The molecular formula is C20H23NO6. The summed E-state index contributed by atoms with van der Waals surface area (Å²) < 4.78 is 16.0. The Kier molecular flexibility index (Phi) is 6.65. The first kappa shape index (κ1) is 20.1. The number of carboxylic acid groups (broad SMARTS) is 1. The minimum Gasteiger partial charge on any atom is -0.493 e. The predicted molar refractivity (Wildman–Crippen MR) is 99.4 cm³/mol. The zero-order valence-electron chi connectivity index (χ0n) is 15.6. The van der Waals surface area contributed by atoms with Crippen molar-refractivity contribution in [2.24, 2.45) is 0 Å². The number of amides is 1. The largest absolute Gasteiger partial charge is 0.493 e. The molecule has 0 aliphatic heterocycles. The lowest BCUT2D eigenvalue weighted by Crippen LogP contribution is -2.24. The maximum Gasteiger partial charge on any atom is 0.311 e. The van der Waals surface area contributed by atoms with Crippen LogP contribution in [0.3, 0.4) is 0 Å². The molecule has 7 heteroatoms. The lowest BCUT2D eigenvalue weighted by atomic mass is 10.0. The van der Waals surface area contributed by atoms with E-state index in [-0.39, 0.29) is 24.3 Å². The Morgan fingerprint density at radius 2 is 2.04 bits per heavy atom. The summed E-state index contributed by atoms with van der Waals surface area (Å²) in [6.45, 7) is 5.68. The number of furan rings is 1. The molecule has 0 aliphatic rings. The Morgan fingerprint density at radius 3 is 2.63 bits per heavy atom. The van der Waals surface area contributed by atoms with Gasteiger partial charge in [0.2, 0.25) is 0 Å². The molecule has 144 valence electrons. The molecule has 2 N–H and O–H groups in total. The van der Waals surface area contributed by atoms with Crippen molar-refractivity contribution in [3.05, 3.63) is 59.1 Å². The van der Waals surface area contributed by atoms with E-state index in [2.05, 4.69) is 11.9 Å². The highest BCUT2D eigenvalue weighted by molar-refractivity contribution is 5.97. The van der Waals surface area contributed by atoms with Crippen LogP contribution in [-0.4, -0.2) is 31.2 Å². The average molecular weight is 373 g/mol. The number of rotatable bonds is 9. The highest BCUT2D eigenvalue weighted by atomic mass is 16.5. The Bertz CT molecular complexity index is 852. The molecule has 27 heavy (non-hydrogen) atoms. The molecule has 0 unspecified atom stereocenters. The van der Waals surface area contributed by atoms with Crippen molar-refractivity contribution in [1.82, 2.24) is 5.32 Å². The molecule has 0 bridgehead atoms. The number of carboxylic acids is 1. The first-order valence-electron chi connectivity index (χ1n) is 8.32. The summed E-state index contributed by atoms with van der Waals surface area (Å²) >= 11 is 0. The van der Waals surface area contributed by atoms with E-state index in [1.54, 1.807) is 33.3 Å².